The SMILES string of the molecule is CCc1c(C)c2ccc3c(c2oc1=O)C[NH+](Cc1ccccc1)CO3. The van der Waals surface area contributed by atoms with Gasteiger partial charge in [-0.05, 0) is 31.0 Å². The molecule has 128 valence electrons. The van der Waals surface area contributed by atoms with Crippen LogP contribution in [0.2, 0.25) is 0 Å². The standard InChI is InChI=1S/C21H21NO3/c1-3-16-14(2)17-9-10-19-18(20(17)25-21(16)23)12-22(13-24-19)11-15-7-5-4-6-8-15/h4-10H,3,11-13H2,1-2H3/p+1. The highest BCUT2D eigenvalue weighted by Crippen LogP contribution is 2.30. The summed E-state index contributed by atoms with van der Waals surface area (Å²) in [6.45, 7) is 6.27. The van der Waals surface area contributed by atoms with Crippen LogP contribution < -0.4 is 15.3 Å². The van der Waals surface area contributed by atoms with Gasteiger partial charge in [0.1, 0.15) is 18.8 Å². The molecular weight excluding hydrogens is 314 g/mol. The zero-order valence-electron chi connectivity index (χ0n) is 14.6. The molecule has 4 rings (SSSR count). The van der Waals surface area contributed by atoms with Crippen LogP contribution >= 0.6 is 0 Å². The summed E-state index contributed by atoms with van der Waals surface area (Å²) < 4.78 is 11.7. The highest BCUT2D eigenvalue weighted by Gasteiger charge is 2.25. The van der Waals surface area contributed by atoms with Crippen molar-refractivity contribution in [3.63, 3.8) is 0 Å². The van der Waals surface area contributed by atoms with Crippen LogP contribution in [0.4, 0.5) is 0 Å². The lowest BCUT2D eigenvalue weighted by molar-refractivity contribution is -0.945. The molecule has 25 heavy (non-hydrogen) atoms. The molecule has 1 unspecified atom stereocenters. The van der Waals surface area contributed by atoms with Gasteiger partial charge in [-0.2, -0.15) is 0 Å². The predicted molar refractivity (Wildman–Crippen MR) is 96.9 cm³/mol. The highest BCUT2D eigenvalue weighted by atomic mass is 16.5. The molecule has 1 aromatic heterocycles. The molecule has 0 radical (unpaired) electrons. The van der Waals surface area contributed by atoms with Crippen LogP contribution in [0.1, 0.15) is 29.2 Å². The largest absolute Gasteiger partial charge is 0.445 e. The van der Waals surface area contributed by atoms with E-state index in [1.807, 2.05) is 32.0 Å². The highest BCUT2D eigenvalue weighted by molar-refractivity contribution is 5.85. The van der Waals surface area contributed by atoms with E-state index in [1.165, 1.54) is 10.5 Å². The van der Waals surface area contributed by atoms with Gasteiger partial charge in [-0.3, -0.25) is 4.90 Å². The van der Waals surface area contributed by atoms with Crippen molar-refractivity contribution in [1.29, 1.82) is 0 Å². The number of fused-ring (bicyclic) bond motifs is 3. The molecule has 2 aromatic carbocycles. The van der Waals surface area contributed by atoms with Gasteiger partial charge in [0.2, 0.25) is 6.73 Å². The summed E-state index contributed by atoms with van der Waals surface area (Å²) in [5.41, 5.74) is 4.51. The Morgan fingerprint density at radius 1 is 1.12 bits per heavy atom. The molecule has 1 aliphatic heterocycles. The third-order valence-corrected chi connectivity index (χ3v) is 5.02. The summed E-state index contributed by atoms with van der Waals surface area (Å²) in [7, 11) is 0. The quantitative estimate of drug-likeness (QED) is 0.748. The molecule has 4 heteroatoms. The normalized spacial score (nSPS) is 16.5. The molecule has 0 amide bonds. The van der Waals surface area contributed by atoms with E-state index in [0.717, 1.165) is 40.9 Å². The molecule has 3 aromatic rings. The van der Waals surface area contributed by atoms with Crippen LogP contribution in [0.3, 0.4) is 0 Å². The van der Waals surface area contributed by atoms with Crippen LogP contribution in [0.25, 0.3) is 11.0 Å². The van der Waals surface area contributed by atoms with Crippen LogP contribution in [-0.2, 0) is 19.5 Å². The van der Waals surface area contributed by atoms with Crippen molar-refractivity contribution in [3.8, 4) is 5.75 Å². The van der Waals surface area contributed by atoms with Crippen molar-refractivity contribution < 1.29 is 14.1 Å². The van der Waals surface area contributed by atoms with Crippen molar-refractivity contribution in [2.45, 2.75) is 33.4 Å². The second kappa shape index (κ2) is 6.37. The van der Waals surface area contributed by atoms with E-state index in [1.54, 1.807) is 0 Å². The molecular formula is C21H22NO3+. The van der Waals surface area contributed by atoms with Gasteiger partial charge < -0.3 is 9.15 Å². The summed E-state index contributed by atoms with van der Waals surface area (Å²) in [6.07, 6.45) is 0.684. The van der Waals surface area contributed by atoms with E-state index in [4.69, 9.17) is 9.15 Å². The second-order valence-electron chi connectivity index (χ2n) is 6.64. The van der Waals surface area contributed by atoms with E-state index >= 15 is 0 Å². The first-order valence-electron chi connectivity index (χ1n) is 8.75. The van der Waals surface area contributed by atoms with Gasteiger partial charge in [-0.25, -0.2) is 4.79 Å². The van der Waals surface area contributed by atoms with Crippen molar-refractivity contribution in [3.05, 3.63) is 75.1 Å². The van der Waals surface area contributed by atoms with Gasteiger partial charge in [-0.15, -0.1) is 0 Å². The summed E-state index contributed by atoms with van der Waals surface area (Å²) in [5, 5.41) is 1.01. The molecule has 2 heterocycles. The Morgan fingerprint density at radius 3 is 2.68 bits per heavy atom. The Labute approximate surface area is 146 Å². The minimum Gasteiger partial charge on any atom is -0.445 e. The zero-order valence-corrected chi connectivity index (χ0v) is 14.6. The fourth-order valence-corrected chi connectivity index (χ4v) is 3.68. The average Bonchev–Trinajstić information content (AvgIpc) is 2.63. The van der Waals surface area contributed by atoms with Crippen LogP contribution in [0.5, 0.6) is 5.75 Å². The van der Waals surface area contributed by atoms with Gasteiger partial charge in [0.25, 0.3) is 0 Å². The van der Waals surface area contributed by atoms with E-state index in [-0.39, 0.29) is 5.63 Å². The number of nitrogens with one attached hydrogen (secondary N) is 1. The monoisotopic (exact) mass is 336 g/mol. The smallest absolute Gasteiger partial charge is 0.339 e. The molecule has 1 atom stereocenters. The van der Waals surface area contributed by atoms with Crippen LogP contribution in [-0.4, -0.2) is 6.73 Å². The first kappa shape index (κ1) is 15.9. The Bertz CT molecular complexity index is 976. The predicted octanol–water partition coefficient (Wildman–Crippen LogP) is 2.60. The van der Waals surface area contributed by atoms with E-state index in [0.29, 0.717) is 18.7 Å². The van der Waals surface area contributed by atoms with E-state index in [2.05, 4.69) is 24.3 Å². The van der Waals surface area contributed by atoms with Crippen molar-refractivity contribution in [2.75, 3.05) is 6.73 Å². The summed E-state index contributed by atoms with van der Waals surface area (Å²) in [5.74, 6) is 0.830. The number of aryl methyl sites for hydroxylation is 1. The fourth-order valence-electron chi connectivity index (χ4n) is 3.68. The number of hydrogen-bond donors (Lipinski definition) is 1. The molecule has 0 saturated heterocycles. The molecule has 1 N–H and O–H groups in total. The van der Waals surface area contributed by atoms with Crippen molar-refractivity contribution >= 4 is 11.0 Å². The fraction of sp³-hybridized carbons (Fsp3) is 0.286. The van der Waals surface area contributed by atoms with Crippen molar-refractivity contribution in [1.82, 2.24) is 0 Å². The number of quaternary nitrogens is 1. The molecule has 0 fully saturated rings. The maximum Gasteiger partial charge on any atom is 0.339 e. The number of hydrogen-bond acceptors (Lipinski definition) is 3. The maximum atomic E-state index is 12.3. The van der Waals surface area contributed by atoms with Gasteiger partial charge in [-0.1, -0.05) is 37.3 Å². The van der Waals surface area contributed by atoms with Gasteiger partial charge in [0, 0.05) is 16.5 Å². The maximum absolute atomic E-state index is 12.3. The summed E-state index contributed by atoms with van der Waals surface area (Å²) in [4.78, 5) is 13.6. The lowest BCUT2D eigenvalue weighted by Gasteiger charge is -2.26. The molecule has 0 spiro atoms. The molecule has 0 aliphatic carbocycles. The van der Waals surface area contributed by atoms with Gasteiger partial charge >= 0.3 is 5.63 Å². The van der Waals surface area contributed by atoms with Crippen molar-refractivity contribution in [2.24, 2.45) is 0 Å². The molecule has 4 nitrogen and oxygen atoms in total. The summed E-state index contributed by atoms with van der Waals surface area (Å²) >= 11 is 0. The minimum absolute atomic E-state index is 0.226. The lowest BCUT2D eigenvalue weighted by atomic mass is 10.0. The van der Waals surface area contributed by atoms with Crippen LogP contribution in [0.15, 0.2) is 51.7 Å². The number of benzene rings is 2. The van der Waals surface area contributed by atoms with E-state index in [9.17, 15) is 4.79 Å². The first-order valence-corrected chi connectivity index (χ1v) is 8.75. The molecule has 0 bridgehead atoms. The molecule has 1 aliphatic rings. The Kier molecular flexibility index (Phi) is 4.06. The minimum atomic E-state index is -0.226. The van der Waals surface area contributed by atoms with Gasteiger partial charge in [0.05, 0.1) is 5.56 Å². The Balaban J connectivity index is 1.75. The summed E-state index contributed by atoms with van der Waals surface area (Å²) in [6, 6.07) is 14.4. The average molecular weight is 336 g/mol. The number of ether oxygens (including phenoxy) is 1. The lowest BCUT2D eigenvalue weighted by Crippen LogP contribution is -3.10. The Hall–Kier alpha value is -2.59. The topological polar surface area (TPSA) is 43.9 Å². The zero-order chi connectivity index (χ0) is 17.4. The van der Waals surface area contributed by atoms with Gasteiger partial charge in [0.15, 0.2) is 5.58 Å². The second-order valence-corrected chi connectivity index (χ2v) is 6.64. The molecule has 0 saturated carbocycles. The Morgan fingerprint density at radius 2 is 1.92 bits per heavy atom. The first-order chi connectivity index (χ1) is 12.2. The number of rotatable bonds is 3. The van der Waals surface area contributed by atoms with Crippen LogP contribution in [0, 0.1) is 6.92 Å². The third kappa shape index (κ3) is 2.83. The third-order valence-electron chi connectivity index (χ3n) is 5.02. The van der Waals surface area contributed by atoms with E-state index < -0.39 is 0 Å².